The third-order valence-electron chi connectivity index (χ3n) is 5.80. The number of carbonyl (C=O) groups is 2. The van der Waals surface area contributed by atoms with Crippen molar-refractivity contribution < 1.29 is 18.7 Å². The van der Waals surface area contributed by atoms with Crippen molar-refractivity contribution in [3.05, 3.63) is 35.6 Å². The molecule has 1 aromatic rings. The van der Waals surface area contributed by atoms with E-state index in [1.54, 1.807) is 24.1 Å². The van der Waals surface area contributed by atoms with E-state index in [0.29, 0.717) is 32.5 Å². The van der Waals surface area contributed by atoms with Crippen LogP contribution in [0.1, 0.15) is 30.9 Å². The third-order valence-corrected chi connectivity index (χ3v) is 5.80. The number of ether oxygens (including phenoxy) is 1. The molecule has 154 valence electrons. The number of hydrogen-bond acceptors (Lipinski definition) is 4. The smallest absolute Gasteiger partial charge is 0.228 e. The van der Waals surface area contributed by atoms with Crippen LogP contribution in [0.25, 0.3) is 0 Å². The van der Waals surface area contributed by atoms with Crippen LogP contribution in [0, 0.1) is 11.7 Å². The van der Waals surface area contributed by atoms with Gasteiger partial charge in [0, 0.05) is 39.7 Å². The van der Waals surface area contributed by atoms with Crippen molar-refractivity contribution in [2.45, 2.75) is 25.3 Å². The van der Waals surface area contributed by atoms with Crippen molar-refractivity contribution in [3.8, 4) is 0 Å². The molecule has 0 bridgehead atoms. The molecule has 0 radical (unpaired) electrons. The van der Waals surface area contributed by atoms with Gasteiger partial charge in [-0.1, -0.05) is 12.1 Å². The van der Waals surface area contributed by atoms with Gasteiger partial charge in [-0.25, -0.2) is 4.39 Å². The number of halogens is 1. The Bertz CT molecular complexity index is 682. The first-order valence-electron chi connectivity index (χ1n) is 10.0. The summed E-state index contributed by atoms with van der Waals surface area (Å²) < 4.78 is 18.7. The SMILES string of the molecule is COCCN1C(=O)CC[C@@H](C(=O)N2CCCN(C)CC2)[C@@H]1c1ccc(F)cc1. The molecule has 2 saturated heterocycles. The first kappa shape index (κ1) is 20.7. The summed E-state index contributed by atoms with van der Waals surface area (Å²) in [6.07, 6.45) is 1.82. The van der Waals surface area contributed by atoms with Crippen LogP contribution in [0.3, 0.4) is 0 Å². The van der Waals surface area contributed by atoms with E-state index in [1.165, 1.54) is 12.1 Å². The van der Waals surface area contributed by atoms with Gasteiger partial charge in [-0.3, -0.25) is 9.59 Å². The highest BCUT2D eigenvalue weighted by molar-refractivity contribution is 5.85. The van der Waals surface area contributed by atoms with E-state index in [4.69, 9.17) is 4.74 Å². The van der Waals surface area contributed by atoms with E-state index in [1.807, 2.05) is 4.90 Å². The molecule has 3 rings (SSSR count). The average Bonchev–Trinajstić information content (AvgIpc) is 2.91. The molecule has 2 heterocycles. The second kappa shape index (κ2) is 9.47. The number of likely N-dealkylation sites (tertiary alicyclic amines) is 1. The van der Waals surface area contributed by atoms with Crippen molar-refractivity contribution in [1.82, 2.24) is 14.7 Å². The minimum absolute atomic E-state index is 0.0195. The molecular weight excluding hydrogens is 361 g/mol. The van der Waals surface area contributed by atoms with Crippen molar-refractivity contribution in [1.29, 1.82) is 0 Å². The Hall–Kier alpha value is -1.99. The van der Waals surface area contributed by atoms with Crippen LogP contribution in [0.2, 0.25) is 0 Å². The van der Waals surface area contributed by atoms with Crippen LogP contribution in [0.15, 0.2) is 24.3 Å². The molecule has 2 amide bonds. The van der Waals surface area contributed by atoms with Gasteiger partial charge in [0.25, 0.3) is 0 Å². The monoisotopic (exact) mass is 391 g/mol. The van der Waals surface area contributed by atoms with E-state index in [2.05, 4.69) is 11.9 Å². The number of benzene rings is 1. The molecule has 2 fully saturated rings. The first-order valence-corrected chi connectivity index (χ1v) is 10.0. The number of methoxy groups -OCH3 is 1. The molecule has 2 aliphatic heterocycles. The maximum absolute atomic E-state index is 13.5. The molecule has 6 nitrogen and oxygen atoms in total. The van der Waals surface area contributed by atoms with Gasteiger partial charge in [0.2, 0.25) is 11.8 Å². The van der Waals surface area contributed by atoms with Crippen molar-refractivity contribution in [2.24, 2.45) is 5.92 Å². The highest BCUT2D eigenvalue weighted by Gasteiger charge is 2.42. The van der Waals surface area contributed by atoms with Crippen molar-refractivity contribution in [2.75, 3.05) is 53.5 Å². The van der Waals surface area contributed by atoms with Crippen molar-refractivity contribution in [3.63, 3.8) is 0 Å². The molecule has 0 aliphatic carbocycles. The Morgan fingerprint density at radius 2 is 1.93 bits per heavy atom. The summed E-state index contributed by atoms with van der Waals surface area (Å²) in [5.41, 5.74) is 0.802. The maximum Gasteiger partial charge on any atom is 0.228 e. The summed E-state index contributed by atoms with van der Waals surface area (Å²) in [7, 11) is 3.67. The molecule has 0 N–H and O–H groups in total. The number of carbonyl (C=O) groups excluding carboxylic acids is 2. The summed E-state index contributed by atoms with van der Waals surface area (Å²) in [4.78, 5) is 32.0. The summed E-state index contributed by atoms with van der Waals surface area (Å²) in [5, 5.41) is 0. The van der Waals surface area contributed by atoms with Gasteiger partial charge in [0.15, 0.2) is 0 Å². The topological polar surface area (TPSA) is 53.1 Å². The molecule has 28 heavy (non-hydrogen) atoms. The summed E-state index contributed by atoms with van der Waals surface area (Å²) >= 11 is 0. The van der Waals surface area contributed by atoms with Gasteiger partial charge in [0.05, 0.1) is 18.6 Å². The largest absolute Gasteiger partial charge is 0.383 e. The van der Waals surface area contributed by atoms with E-state index in [9.17, 15) is 14.0 Å². The molecule has 2 atom stereocenters. The Kier molecular flexibility index (Phi) is 7.02. The van der Waals surface area contributed by atoms with Gasteiger partial charge < -0.3 is 19.4 Å². The molecule has 1 aromatic carbocycles. The molecule has 7 heteroatoms. The van der Waals surface area contributed by atoms with E-state index in [0.717, 1.165) is 31.6 Å². The lowest BCUT2D eigenvalue weighted by atomic mass is 9.83. The highest BCUT2D eigenvalue weighted by atomic mass is 19.1. The number of rotatable bonds is 5. The molecule has 0 spiro atoms. The van der Waals surface area contributed by atoms with Crippen LogP contribution >= 0.6 is 0 Å². The summed E-state index contributed by atoms with van der Waals surface area (Å²) in [6, 6.07) is 5.78. The molecule has 0 aromatic heterocycles. The van der Waals surface area contributed by atoms with Gasteiger partial charge in [-0.15, -0.1) is 0 Å². The quantitative estimate of drug-likeness (QED) is 0.770. The lowest BCUT2D eigenvalue weighted by Crippen LogP contribution is -2.50. The number of nitrogens with zero attached hydrogens (tertiary/aromatic N) is 3. The van der Waals surface area contributed by atoms with Gasteiger partial charge in [-0.2, -0.15) is 0 Å². The second-order valence-electron chi connectivity index (χ2n) is 7.70. The number of likely N-dealkylation sites (N-methyl/N-ethyl adjacent to an activating group) is 1. The Morgan fingerprint density at radius 1 is 1.18 bits per heavy atom. The fourth-order valence-corrected chi connectivity index (χ4v) is 4.24. The van der Waals surface area contributed by atoms with Gasteiger partial charge in [0.1, 0.15) is 5.82 Å². The normalized spacial score (nSPS) is 24.3. The third kappa shape index (κ3) is 4.70. The zero-order chi connectivity index (χ0) is 20.1. The number of amides is 2. The van der Waals surface area contributed by atoms with Crippen LogP contribution in [0.4, 0.5) is 4.39 Å². The Labute approximate surface area is 166 Å². The minimum atomic E-state index is -0.384. The Morgan fingerprint density at radius 3 is 2.64 bits per heavy atom. The standard InChI is InChI=1S/C21H30FN3O3/c1-23-10-3-11-24(13-12-23)21(27)18-8-9-19(26)25(14-15-28-2)20(18)16-4-6-17(22)7-5-16/h4-7,18,20H,3,8-15H2,1-2H3/t18-,20+/m1/s1. The predicted molar refractivity (Wildman–Crippen MR) is 104 cm³/mol. The minimum Gasteiger partial charge on any atom is -0.383 e. The molecule has 0 unspecified atom stereocenters. The van der Waals surface area contributed by atoms with Crippen LogP contribution < -0.4 is 0 Å². The van der Waals surface area contributed by atoms with E-state index >= 15 is 0 Å². The van der Waals surface area contributed by atoms with Crippen LogP contribution in [0.5, 0.6) is 0 Å². The summed E-state index contributed by atoms with van der Waals surface area (Å²) in [6.45, 7) is 4.10. The zero-order valence-corrected chi connectivity index (χ0v) is 16.8. The lowest BCUT2D eigenvalue weighted by Gasteiger charge is -2.42. The summed E-state index contributed by atoms with van der Waals surface area (Å²) in [5.74, 6) is -0.526. The number of hydrogen-bond donors (Lipinski definition) is 0. The first-order chi connectivity index (χ1) is 13.5. The average molecular weight is 391 g/mol. The maximum atomic E-state index is 13.5. The fraction of sp³-hybridized carbons (Fsp3) is 0.619. The number of piperidine rings is 1. The van der Waals surface area contributed by atoms with E-state index in [-0.39, 0.29) is 29.6 Å². The second-order valence-corrected chi connectivity index (χ2v) is 7.70. The molecule has 2 aliphatic rings. The van der Waals surface area contributed by atoms with Crippen molar-refractivity contribution >= 4 is 11.8 Å². The van der Waals surface area contributed by atoms with Gasteiger partial charge in [-0.05, 0) is 44.1 Å². The molecule has 0 saturated carbocycles. The highest BCUT2D eigenvalue weighted by Crippen LogP contribution is 2.38. The van der Waals surface area contributed by atoms with E-state index < -0.39 is 0 Å². The lowest BCUT2D eigenvalue weighted by molar-refractivity contribution is -0.148. The predicted octanol–water partition coefficient (Wildman–Crippen LogP) is 1.92. The molecular formula is C21H30FN3O3. The van der Waals surface area contributed by atoms with Crippen LogP contribution in [-0.2, 0) is 14.3 Å². The fourth-order valence-electron chi connectivity index (χ4n) is 4.24. The zero-order valence-electron chi connectivity index (χ0n) is 16.8. The Balaban J connectivity index is 1.88. The van der Waals surface area contributed by atoms with Crippen LogP contribution in [-0.4, -0.2) is 80.0 Å². The van der Waals surface area contributed by atoms with Gasteiger partial charge >= 0.3 is 0 Å².